The van der Waals surface area contributed by atoms with E-state index in [1.54, 1.807) is 6.07 Å². The second-order valence-electron chi connectivity index (χ2n) is 6.18. The number of ether oxygens (including phenoxy) is 1. The van der Waals surface area contributed by atoms with Crippen molar-refractivity contribution in [2.24, 2.45) is 0 Å². The second kappa shape index (κ2) is 8.39. The molecule has 3 rings (SSSR count). The van der Waals surface area contributed by atoms with Gasteiger partial charge in [0.2, 0.25) is 0 Å². The average Bonchev–Trinajstić information content (AvgIpc) is 2.96. The summed E-state index contributed by atoms with van der Waals surface area (Å²) in [4.78, 5) is 10.7. The van der Waals surface area contributed by atoms with Crippen molar-refractivity contribution < 1.29 is 22.3 Å². The first-order valence-electron chi connectivity index (χ1n) is 8.51. The standard InChI is InChI=1S/C17H21F3N4O2S/c1-11-12(2)26-16(22-11)27-9-13-7-14(24-3-5-25-6-4-24)8-15(23-13)21-10-17(18,19)20/h7-8H,3-6,9-10H2,1-2H3,(H,21,23). The Kier molecular flexibility index (Phi) is 6.15. The number of morpholine rings is 1. The summed E-state index contributed by atoms with van der Waals surface area (Å²) in [6.07, 6.45) is -4.31. The zero-order valence-corrected chi connectivity index (χ0v) is 15.9. The van der Waals surface area contributed by atoms with Crippen LogP contribution in [0.15, 0.2) is 21.8 Å². The molecule has 0 amide bonds. The van der Waals surface area contributed by atoms with Crippen LogP contribution in [0.5, 0.6) is 0 Å². The molecule has 1 fully saturated rings. The van der Waals surface area contributed by atoms with Crippen molar-refractivity contribution in [3.05, 3.63) is 29.3 Å². The summed E-state index contributed by atoms with van der Waals surface area (Å²) in [6, 6.07) is 3.53. The number of anilines is 2. The van der Waals surface area contributed by atoms with Crippen molar-refractivity contribution in [2.45, 2.75) is 31.0 Å². The molecule has 0 bridgehead atoms. The van der Waals surface area contributed by atoms with Crippen molar-refractivity contribution >= 4 is 23.3 Å². The number of hydrogen-bond acceptors (Lipinski definition) is 7. The lowest BCUT2D eigenvalue weighted by molar-refractivity contribution is -0.115. The van der Waals surface area contributed by atoms with E-state index in [1.807, 2.05) is 19.9 Å². The first-order chi connectivity index (χ1) is 12.8. The first kappa shape index (κ1) is 19.8. The number of alkyl halides is 3. The van der Waals surface area contributed by atoms with E-state index < -0.39 is 12.7 Å². The van der Waals surface area contributed by atoms with Gasteiger partial charge in [0, 0.05) is 30.6 Å². The summed E-state index contributed by atoms with van der Waals surface area (Å²) in [5.41, 5.74) is 2.30. The Morgan fingerprint density at radius 1 is 1.19 bits per heavy atom. The van der Waals surface area contributed by atoms with Gasteiger partial charge in [-0.2, -0.15) is 13.2 Å². The topological polar surface area (TPSA) is 63.4 Å². The van der Waals surface area contributed by atoms with Crippen LogP contribution in [-0.2, 0) is 10.5 Å². The van der Waals surface area contributed by atoms with Crippen LogP contribution in [0.4, 0.5) is 24.7 Å². The third-order valence-electron chi connectivity index (χ3n) is 4.06. The smallest absolute Gasteiger partial charge is 0.405 e. The summed E-state index contributed by atoms with van der Waals surface area (Å²) in [5, 5.41) is 2.90. The lowest BCUT2D eigenvalue weighted by Gasteiger charge is -2.29. The Morgan fingerprint density at radius 2 is 1.93 bits per heavy atom. The van der Waals surface area contributed by atoms with Gasteiger partial charge in [-0.1, -0.05) is 11.8 Å². The molecule has 10 heteroatoms. The Labute approximate surface area is 159 Å². The van der Waals surface area contributed by atoms with Crippen LogP contribution in [0.3, 0.4) is 0 Å². The number of oxazole rings is 1. The monoisotopic (exact) mass is 402 g/mol. The molecular formula is C17H21F3N4O2S. The van der Waals surface area contributed by atoms with Gasteiger partial charge in [-0.15, -0.1) is 0 Å². The summed E-state index contributed by atoms with van der Waals surface area (Å²) < 4.78 is 48.6. The molecule has 0 aliphatic carbocycles. The molecule has 0 radical (unpaired) electrons. The quantitative estimate of drug-likeness (QED) is 0.738. The predicted molar refractivity (Wildman–Crippen MR) is 97.4 cm³/mol. The van der Waals surface area contributed by atoms with Crippen molar-refractivity contribution in [3.63, 3.8) is 0 Å². The molecule has 0 aromatic carbocycles. The van der Waals surface area contributed by atoms with E-state index in [0.29, 0.717) is 43.0 Å². The number of halogens is 3. The van der Waals surface area contributed by atoms with Gasteiger partial charge in [-0.25, -0.2) is 9.97 Å². The van der Waals surface area contributed by atoms with E-state index in [0.717, 1.165) is 17.1 Å². The normalized spacial score (nSPS) is 15.2. The van der Waals surface area contributed by atoms with Crippen LogP contribution >= 0.6 is 11.8 Å². The number of aromatic nitrogens is 2. The highest BCUT2D eigenvalue weighted by atomic mass is 32.2. The molecule has 6 nitrogen and oxygen atoms in total. The molecule has 1 N–H and O–H groups in total. The molecule has 2 aromatic heterocycles. The van der Waals surface area contributed by atoms with Crippen LogP contribution in [0.2, 0.25) is 0 Å². The molecule has 1 saturated heterocycles. The minimum Gasteiger partial charge on any atom is -0.437 e. The number of rotatable bonds is 6. The molecule has 0 atom stereocenters. The second-order valence-corrected chi connectivity index (χ2v) is 7.11. The highest BCUT2D eigenvalue weighted by Gasteiger charge is 2.27. The number of thioether (sulfide) groups is 1. The Bertz CT molecular complexity index is 757. The third-order valence-corrected chi connectivity index (χ3v) is 4.92. The van der Waals surface area contributed by atoms with Crippen LogP contribution in [0, 0.1) is 13.8 Å². The highest BCUT2D eigenvalue weighted by molar-refractivity contribution is 7.98. The van der Waals surface area contributed by atoms with Gasteiger partial charge in [0.1, 0.15) is 18.1 Å². The minimum absolute atomic E-state index is 0.201. The first-order valence-corrected chi connectivity index (χ1v) is 9.50. The van der Waals surface area contributed by atoms with Crippen molar-refractivity contribution in [1.29, 1.82) is 0 Å². The fourth-order valence-electron chi connectivity index (χ4n) is 2.57. The predicted octanol–water partition coefficient (Wildman–Crippen LogP) is 3.79. The molecule has 3 heterocycles. The van der Waals surface area contributed by atoms with Gasteiger partial charge in [-0.3, -0.25) is 0 Å². The van der Waals surface area contributed by atoms with E-state index in [9.17, 15) is 13.2 Å². The van der Waals surface area contributed by atoms with Gasteiger partial charge >= 0.3 is 6.18 Å². The Morgan fingerprint density at radius 3 is 2.56 bits per heavy atom. The van der Waals surface area contributed by atoms with Gasteiger partial charge < -0.3 is 19.4 Å². The third kappa shape index (κ3) is 5.77. The molecule has 0 spiro atoms. The summed E-state index contributed by atoms with van der Waals surface area (Å²) in [5.74, 6) is 1.39. The maximum atomic E-state index is 12.6. The zero-order chi connectivity index (χ0) is 19.4. The lowest BCUT2D eigenvalue weighted by Crippen LogP contribution is -2.36. The summed E-state index contributed by atoms with van der Waals surface area (Å²) in [7, 11) is 0. The molecule has 1 aliphatic rings. The van der Waals surface area contributed by atoms with Crippen LogP contribution in [0.1, 0.15) is 17.1 Å². The number of pyridine rings is 1. The van der Waals surface area contributed by atoms with Crippen molar-refractivity contribution in [2.75, 3.05) is 43.1 Å². The van der Waals surface area contributed by atoms with Crippen LogP contribution < -0.4 is 10.2 Å². The maximum absolute atomic E-state index is 12.6. The van der Waals surface area contributed by atoms with Crippen LogP contribution in [-0.4, -0.2) is 49.0 Å². The molecule has 0 unspecified atom stereocenters. The Hall–Kier alpha value is -1.94. The average molecular weight is 402 g/mol. The molecule has 2 aromatic rings. The molecule has 148 valence electrons. The fraction of sp³-hybridized carbons (Fsp3) is 0.529. The maximum Gasteiger partial charge on any atom is 0.405 e. The van der Waals surface area contributed by atoms with Gasteiger partial charge in [0.15, 0.2) is 0 Å². The zero-order valence-electron chi connectivity index (χ0n) is 15.1. The minimum atomic E-state index is -4.31. The van der Waals surface area contributed by atoms with Gasteiger partial charge in [0.25, 0.3) is 5.22 Å². The number of nitrogens with one attached hydrogen (secondary N) is 1. The van der Waals surface area contributed by atoms with Crippen molar-refractivity contribution in [1.82, 2.24) is 9.97 Å². The molecule has 27 heavy (non-hydrogen) atoms. The van der Waals surface area contributed by atoms with Crippen LogP contribution in [0.25, 0.3) is 0 Å². The summed E-state index contributed by atoms with van der Waals surface area (Å²) in [6.45, 7) is 5.12. The van der Waals surface area contributed by atoms with E-state index >= 15 is 0 Å². The number of aryl methyl sites for hydroxylation is 2. The van der Waals surface area contributed by atoms with E-state index in [1.165, 1.54) is 11.8 Å². The molecular weight excluding hydrogens is 381 g/mol. The van der Waals surface area contributed by atoms with Crippen molar-refractivity contribution in [3.8, 4) is 0 Å². The highest BCUT2D eigenvalue weighted by Crippen LogP contribution is 2.28. The lowest BCUT2D eigenvalue weighted by atomic mass is 10.2. The number of hydrogen-bond donors (Lipinski definition) is 1. The van der Waals surface area contributed by atoms with Gasteiger partial charge in [0.05, 0.1) is 24.6 Å². The van der Waals surface area contributed by atoms with E-state index in [4.69, 9.17) is 9.15 Å². The Balaban J connectivity index is 1.77. The largest absolute Gasteiger partial charge is 0.437 e. The number of nitrogens with zero attached hydrogens (tertiary/aromatic N) is 3. The summed E-state index contributed by atoms with van der Waals surface area (Å²) >= 11 is 1.36. The molecule has 1 aliphatic heterocycles. The fourth-order valence-corrected chi connectivity index (χ4v) is 3.38. The SMILES string of the molecule is Cc1nc(SCc2cc(N3CCOCC3)cc(NCC(F)(F)F)n2)oc1C. The van der Waals surface area contributed by atoms with E-state index in [2.05, 4.69) is 20.2 Å². The molecule has 0 saturated carbocycles. The van der Waals surface area contributed by atoms with E-state index in [-0.39, 0.29) is 5.82 Å². The van der Waals surface area contributed by atoms with Gasteiger partial charge in [-0.05, 0) is 19.9 Å².